The number of hydrogen-bond donors (Lipinski definition) is 1. The summed E-state index contributed by atoms with van der Waals surface area (Å²) >= 11 is 0. The second-order valence-corrected chi connectivity index (χ2v) is 6.72. The zero-order valence-electron chi connectivity index (χ0n) is 17.0. The number of hydrogen-bond acceptors (Lipinski definition) is 3. The third-order valence-corrected chi connectivity index (χ3v) is 4.68. The maximum absolute atomic E-state index is 13.0. The zero-order chi connectivity index (χ0) is 20.7. The molecule has 0 saturated carbocycles. The molecule has 28 heavy (non-hydrogen) atoms. The van der Waals surface area contributed by atoms with Gasteiger partial charge >= 0.3 is 0 Å². The molecule has 1 N–H and O–H groups in total. The van der Waals surface area contributed by atoms with Crippen molar-refractivity contribution in [3.63, 3.8) is 0 Å². The summed E-state index contributed by atoms with van der Waals surface area (Å²) < 4.78 is 13.0. The van der Waals surface area contributed by atoms with Crippen molar-refractivity contribution in [2.45, 2.75) is 34.2 Å². The van der Waals surface area contributed by atoms with E-state index in [1.807, 2.05) is 25.1 Å². The first-order valence-corrected chi connectivity index (χ1v) is 9.49. The van der Waals surface area contributed by atoms with E-state index in [1.165, 1.54) is 24.0 Å². The number of halogens is 1. The normalized spacial score (nSPS) is 10.5. The van der Waals surface area contributed by atoms with Gasteiger partial charge in [-0.3, -0.25) is 9.59 Å². The molecular weight excluding hydrogens is 357 g/mol. The number of anilines is 2. The predicted molar refractivity (Wildman–Crippen MR) is 111 cm³/mol. The fraction of sp³-hybridized carbons (Fsp3) is 0.364. The summed E-state index contributed by atoms with van der Waals surface area (Å²) in [4.78, 5) is 28.1. The van der Waals surface area contributed by atoms with Gasteiger partial charge in [-0.25, -0.2) is 4.39 Å². The van der Waals surface area contributed by atoms with Crippen LogP contribution >= 0.6 is 0 Å². The Hall–Kier alpha value is -2.89. The number of nitrogens with one attached hydrogen (secondary N) is 1. The number of amides is 2. The number of carbonyl (C=O) groups excluding carboxylic acids is 2. The lowest BCUT2D eigenvalue weighted by Crippen LogP contribution is -2.36. The largest absolute Gasteiger partial charge is 0.372 e. The van der Waals surface area contributed by atoms with E-state index in [0.717, 1.165) is 35.6 Å². The van der Waals surface area contributed by atoms with Gasteiger partial charge in [-0.1, -0.05) is 12.1 Å². The Morgan fingerprint density at radius 3 is 2.21 bits per heavy atom. The minimum atomic E-state index is -0.334. The molecule has 2 rings (SSSR count). The third-order valence-electron chi connectivity index (χ3n) is 4.68. The van der Waals surface area contributed by atoms with Crippen molar-refractivity contribution < 1.29 is 14.0 Å². The molecule has 0 aliphatic carbocycles. The Balaban J connectivity index is 2.04. The second kappa shape index (κ2) is 9.88. The highest BCUT2D eigenvalue weighted by molar-refractivity contribution is 5.95. The Bertz CT molecular complexity index is 817. The van der Waals surface area contributed by atoms with Gasteiger partial charge in [0.1, 0.15) is 12.4 Å². The molecule has 5 nitrogen and oxygen atoms in total. The van der Waals surface area contributed by atoms with Crippen molar-refractivity contribution in [1.82, 2.24) is 4.90 Å². The topological polar surface area (TPSA) is 52.7 Å². The number of carbonyl (C=O) groups is 2. The highest BCUT2D eigenvalue weighted by atomic mass is 19.1. The van der Waals surface area contributed by atoms with Crippen LogP contribution in [0.3, 0.4) is 0 Å². The third kappa shape index (κ3) is 5.81. The van der Waals surface area contributed by atoms with Gasteiger partial charge in [-0.2, -0.15) is 0 Å². The average molecular weight is 385 g/mol. The quantitative estimate of drug-likeness (QED) is 0.748. The van der Waals surface area contributed by atoms with Gasteiger partial charge in [0, 0.05) is 37.9 Å². The van der Waals surface area contributed by atoms with Gasteiger partial charge < -0.3 is 15.1 Å². The van der Waals surface area contributed by atoms with E-state index in [-0.39, 0.29) is 30.7 Å². The molecule has 2 aromatic carbocycles. The van der Waals surface area contributed by atoms with Gasteiger partial charge in [-0.05, 0) is 62.2 Å². The lowest BCUT2D eigenvalue weighted by atomic mass is 10.1. The van der Waals surface area contributed by atoms with Crippen LogP contribution in [0.2, 0.25) is 0 Å². The molecule has 0 aliphatic rings. The van der Waals surface area contributed by atoms with E-state index in [9.17, 15) is 14.0 Å². The van der Waals surface area contributed by atoms with Crippen LogP contribution in [0.1, 0.15) is 31.9 Å². The average Bonchev–Trinajstić information content (AvgIpc) is 2.66. The van der Waals surface area contributed by atoms with Crippen LogP contribution in [0.25, 0.3) is 0 Å². The fourth-order valence-electron chi connectivity index (χ4n) is 3.03. The minimum Gasteiger partial charge on any atom is -0.372 e. The smallest absolute Gasteiger partial charge is 0.244 e. The van der Waals surface area contributed by atoms with Crippen molar-refractivity contribution in [3.8, 4) is 0 Å². The molecule has 0 atom stereocenters. The molecule has 0 aromatic heterocycles. The number of rotatable bonds is 8. The Morgan fingerprint density at radius 2 is 1.68 bits per heavy atom. The van der Waals surface area contributed by atoms with E-state index in [0.29, 0.717) is 0 Å². The van der Waals surface area contributed by atoms with Crippen LogP contribution in [-0.2, 0) is 16.1 Å². The molecule has 0 unspecified atom stereocenters. The molecule has 2 aromatic rings. The highest BCUT2D eigenvalue weighted by Crippen LogP contribution is 2.22. The molecule has 0 heterocycles. The molecule has 0 bridgehead atoms. The van der Waals surface area contributed by atoms with Crippen molar-refractivity contribution in [3.05, 3.63) is 59.4 Å². The van der Waals surface area contributed by atoms with Crippen molar-refractivity contribution in [2.75, 3.05) is 29.9 Å². The van der Waals surface area contributed by atoms with E-state index in [4.69, 9.17) is 0 Å². The van der Waals surface area contributed by atoms with Crippen LogP contribution in [0, 0.1) is 12.7 Å². The monoisotopic (exact) mass is 385 g/mol. The Kier molecular flexibility index (Phi) is 7.55. The molecule has 0 saturated heterocycles. The summed E-state index contributed by atoms with van der Waals surface area (Å²) in [5, 5.41) is 2.88. The van der Waals surface area contributed by atoms with Crippen molar-refractivity contribution in [2.24, 2.45) is 0 Å². The molecule has 2 amide bonds. The number of benzene rings is 2. The molecule has 0 spiro atoms. The predicted octanol–water partition coefficient (Wildman–Crippen LogP) is 3.97. The summed E-state index contributed by atoms with van der Waals surface area (Å²) in [7, 11) is 0. The summed E-state index contributed by atoms with van der Waals surface area (Å²) in [5.41, 5.74) is 3.57. The van der Waals surface area contributed by atoms with Crippen LogP contribution in [0.15, 0.2) is 42.5 Å². The van der Waals surface area contributed by atoms with Gasteiger partial charge in [0.25, 0.3) is 0 Å². The number of nitrogens with zero attached hydrogens (tertiary/aromatic N) is 2. The molecule has 0 fully saturated rings. The Labute approximate surface area is 166 Å². The van der Waals surface area contributed by atoms with Crippen LogP contribution < -0.4 is 10.2 Å². The van der Waals surface area contributed by atoms with Gasteiger partial charge in [0.15, 0.2) is 0 Å². The van der Waals surface area contributed by atoms with E-state index >= 15 is 0 Å². The first-order chi connectivity index (χ1) is 13.3. The van der Waals surface area contributed by atoms with Crippen LogP contribution in [0.4, 0.5) is 15.8 Å². The first-order valence-electron chi connectivity index (χ1n) is 9.49. The van der Waals surface area contributed by atoms with Crippen LogP contribution in [-0.4, -0.2) is 36.3 Å². The van der Waals surface area contributed by atoms with Crippen molar-refractivity contribution >= 4 is 23.2 Å². The lowest BCUT2D eigenvalue weighted by molar-refractivity contribution is -0.133. The van der Waals surface area contributed by atoms with Gasteiger partial charge in [0.2, 0.25) is 11.8 Å². The van der Waals surface area contributed by atoms with E-state index in [1.54, 1.807) is 12.1 Å². The lowest BCUT2D eigenvalue weighted by Gasteiger charge is -2.23. The van der Waals surface area contributed by atoms with E-state index < -0.39 is 0 Å². The summed E-state index contributed by atoms with van der Waals surface area (Å²) in [6.45, 7) is 9.59. The second-order valence-electron chi connectivity index (χ2n) is 6.72. The molecule has 0 radical (unpaired) electrons. The van der Waals surface area contributed by atoms with E-state index in [2.05, 4.69) is 24.1 Å². The highest BCUT2D eigenvalue weighted by Gasteiger charge is 2.15. The molecule has 6 heteroatoms. The molecular formula is C22H28FN3O2. The molecule has 150 valence electrons. The summed E-state index contributed by atoms with van der Waals surface area (Å²) in [6, 6.07) is 11.8. The number of aryl methyl sites for hydroxylation is 1. The maximum atomic E-state index is 13.0. The van der Waals surface area contributed by atoms with Crippen LogP contribution in [0.5, 0.6) is 0 Å². The first kappa shape index (κ1) is 21.4. The minimum absolute atomic E-state index is 0.0655. The summed E-state index contributed by atoms with van der Waals surface area (Å²) in [5.74, 6) is -0.816. The fourth-order valence-corrected chi connectivity index (χ4v) is 3.03. The van der Waals surface area contributed by atoms with Crippen molar-refractivity contribution in [1.29, 1.82) is 0 Å². The zero-order valence-corrected chi connectivity index (χ0v) is 17.0. The standard InChI is InChI=1S/C22H28FN3O2/c1-5-25(6-2)20-11-12-21(16(3)13-20)24-22(28)15-26(17(4)27)14-18-7-9-19(23)10-8-18/h7-13H,5-6,14-15H2,1-4H3,(H,24,28). The SMILES string of the molecule is CCN(CC)c1ccc(NC(=O)CN(Cc2ccc(F)cc2)C(C)=O)c(C)c1. The maximum Gasteiger partial charge on any atom is 0.244 e. The van der Waals surface area contributed by atoms with Gasteiger partial charge in [0.05, 0.1) is 0 Å². The Morgan fingerprint density at radius 1 is 1.04 bits per heavy atom. The summed E-state index contributed by atoms with van der Waals surface area (Å²) in [6.07, 6.45) is 0. The molecule has 0 aliphatic heterocycles. The van der Waals surface area contributed by atoms with Gasteiger partial charge in [-0.15, -0.1) is 0 Å².